The molecule has 0 saturated carbocycles. The number of rotatable bonds is 3. The summed E-state index contributed by atoms with van der Waals surface area (Å²) in [5, 5.41) is 5.07. The van der Waals surface area contributed by atoms with E-state index in [2.05, 4.69) is 45.1 Å². The highest BCUT2D eigenvalue weighted by molar-refractivity contribution is 5.93. The van der Waals surface area contributed by atoms with Crippen molar-refractivity contribution in [2.45, 2.75) is 20.4 Å². The topological polar surface area (TPSA) is 55.1 Å². The molecule has 0 N–H and O–H groups in total. The number of pyridine rings is 1. The van der Waals surface area contributed by atoms with E-state index in [0.29, 0.717) is 18.3 Å². The average molecular weight is 268 g/mol. The lowest BCUT2D eigenvalue weighted by atomic mass is 10.1. The summed E-state index contributed by atoms with van der Waals surface area (Å²) in [5.41, 5.74) is 3.32. The van der Waals surface area contributed by atoms with Crippen molar-refractivity contribution in [3.8, 4) is 0 Å². The summed E-state index contributed by atoms with van der Waals surface area (Å²) < 4.78 is 5.01. The van der Waals surface area contributed by atoms with Crippen LogP contribution in [-0.4, -0.2) is 22.2 Å². The molecular formula is C15H16N4O. The Morgan fingerprint density at radius 2 is 2.05 bits per heavy atom. The second kappa shape index (κ2) is 4.92. The van der Waals surface area contributed by atoms with Crippen LogP contribution in [0.1, 0.15) is 17.3 Å². The average Bonchev–Trinajstić information content (AvgIpc) is 2.84. The summed E-state index contributed by atoms with van der Waals surface area (Å²) in [6, 6.07) is 8.22. The minimum Gasteiger partial charge on any atom is -0.366 e. The van der Waals surface area contributed by atoms with E-state index in [1.54, 1.807) is 6.92 Å². The van der Waals surface area contributed by atoms with Gasteiger partial charge in [-0.1, -0.05) is 23.4 Å². The minimum atomic E-state index is 0.587. The summed E-state index contributed by atoms with van der Waals surface area (Å²) >= 11 is 0. The van der Waals surface area contributed by atoms with Gasteiger partial charge in [-0.3, -0.25) is 4.98 Å². The van der Waals surface area contributed by atoms with E-state index < -0.39 is 0 Å². The predicted molar refractivity (Wildman–Crippen MR) is 77.6 cm³/mol. The molecule has 0 bridgehead atoms. The molecule has 0 fully saturated rings. The molecule has 1 aromatic carbocycles. The molecule has 0 aliphatic rings. The van der Waals surface area contributed by atoms with Crippen molar-refractivity contribution in [3.05, 3.63) is 47.7 Å². The van der Waals surface area contributed by atoms with Crippen LogP contribution < -0.4 is 4.90 Å². The first-order valence-corrected chi connectivity index (χ1v) is 6.50. The van der Waals surface area contributed by atoms with Gasteiger partial charge in [0.2, 0.25) is 5.89 Å². The first-order chi connectivity index (χ1) is 9.65. The molecule has 0 spiro atoms. The fourth-order valence-corrected chi connectivity index (χ4v) is 2.34. The molecule has 0 unspecified atom stereocenters. The van der Waals surface area contributed by atoms with Gasteiger partial charge in [0.15, 0.2) is 5.82 Å². The summed E-state index contributed by atoms with van der Waals surface area (Å²) in [6.07, 6.45) is 1.84. The molecule has 0 saturated heterocycles. The molecule has 2 aromatic heterocycles. The Hall–Kier alpha value is -2.43. The second-order valence-corrected chi connectivity index (χ2v) is 4.89. The quantitative estimate of drug-likeness (QED) is 0.731. The van der Waals surface area contributed by atoms with Crippen molar-refractivity contribution in [2.75, 3.05) is 11.9 Å². The minimum absolute atomic E-state index is 0.587. The number of hydrogen-bond acceptors (Lipinski definition) is 5. The van der Waals surface area contributed by atoms with E-state index in [4.69, 9.17) is 4.52 Å². The molecule has 5 heteroatoms. The number of anilines is 1. The Kier molecular flexibility index (Phi) is 3.10. The Labute approximate surface area is 117 Å². The van der Waals surface area contributed by atoms with Crippen LogP contribution in [0, 0.1) is 13.8 Å². The van der Waals surface area contributed by atoms with Crippen LogP contribution in [0.15, 0.2) is 35.0 Å². The van der Waals surface area contributed by atoms with E-state index in [-0.39, 0.29) is 0 Å². The van der Waals surface area contributed by atoms with Crippen LogP contribution in [-0.2, 0) is 6.54 Å². The van der Waals surface area contributed by atoms with Crippen LogP contribution >= 0.6 is 0 Å². The lowest BCUT2D eigenvalue weighted by molar-refractivity contribution is 0.387. The summed E-state index contributed by atoms with van der Waals surface area (Å²) in [7, 11) is 2.02. The van der Waals surface area contributed by atoms with Crippen molar-refractivity contribution in [2.24, 2.45) is 0 Å². The Morgan fingerprint density at radius 3 is 2.80 bits per heavy atom. The first kappa shape index (κ1) is 12.6. The van der Waals surface area contributed by atoms with Crippen LogP contribution in [0.5, 0.6) is 0 Å². The molecule has 102 valence electrons. The van der Waals surface area contributed by atoms with Gasteiger partial charge < -0.3 is 9.42 Å². The number of benzene rings is 1. The Morgan fingerprint density at radius 1 is 1.20 bits per heavy atom. The molecule has 0 radical (unpaired) electrons. The number of aromatic nitrogens is 3. The van der Waals surface area contributed by atoms with Crippen molar-refractivity contribution >= 4 is 16.6 Å². The Bertz CT molecular complexity index is 750. The fraction of sp³-hybridized carbons (Fsp3) is 0.267. The van der Waals surface area contributed by atoms with Gasteiger partial charge in [-0.25, -0.2) is 0 Å². The number of aryl methyl sites for hydroxylation is 2. The molecule has 3 aromatic rings. The zero-order valence-corrected chi connectivity index (χ0v) is 11.8. The number of para-hydroxylation sites is 1. The van der Waals surface area contributed by atoms with E-state index in [0.717, 1.165) is 16.6 Å². The monoisotopic (exact) mass is 268 g/mol. The molecule has 3 rings (SSSR count). The summed E-state index contributed by atoms with van der Waals surface area (Å²) in [5.74, 6) is 1.27. The van der Waals surface area contributed by atoms with Crippen molar-refractivity contribution in [1.29, 1.82) is 0 Å². The van der Waals surface area contributed by atoms with Crippen molar-refractivity contribution < 1.29 is 4.52 Å². The zero-order valence-electron chi connectivity index (χ0n) is 11.8. The lowest BCUT2D eigenvalue weighted by Crippen LogP contribution is -2.17. The SMILES string of the molecule is Cc1nc(CN(C)c2ccnc3c(C)cccc23)no1. The molecule has 0 aliphatic carbocycles. The maximum absolute atomic E-state index is 5.01. The fourth-order valence-electron chi connectivity index (χ4n) is 2.34. The van der Waals surface area contributed by atoms with E-state index in [9.17, 15) is 0 Å². The van der Waals surface area contributed by atoms with Gasteiger partial charge >= 0.3 is 0 Å². The van der Waals surface area contributed by atoms with E-state index in [1.807, 2.05) is 19.3 Å². The van der Waals surface area contributed by atoms with Crippen LogP contribution in [0.25, 0.3) is 10.9 Å². The van der Waals surface area contributed by atoms with Gasteiger partial charge in [0, 0.05) is 31.2 Å². The molecular weight excluding hydrogens is 252 g/mol. The standard InChI is InChI=1S/C15H16N4O/c1-10-5-4-6-12-13(7-8-16-15(10)12)19(3)9-14-17-11(2)20-18-14/h4-8H,9H2,1-3H3. The third kappa shape index (κ3) is 2.22. The van der Waals surface area contributed by atoms with E-state index >= 15 is 0 Å². The summed E-state index contributed by atoms with van der Waals surface area (Å²) in [6.45, 7) is 4.47. The third-order valence-corrected chi connectivity index (χ3v) is 3.31. The second-order valence-electron chi connectivity index (χ2n) is 4.89. The van der Waals surface area contributed by atoms with Gasteiger partial charge in [0.05, 0.1) is 12.1 Å². The van der Waals surface area contributed by atoms with Crippen LogP contribution in [0.3, 0.4) is 0 Å². The van der Waals surface area contributed by atoms with Crippen molar-refractivity contribution in [3.63, 3.8) is 0 Å². The molecule has 0 aliphatic heterocycles. The normalized spacial score (nSPS) is 10.9. The highest BCUT2D eigenvalue weighted by atomic mass is 16.5. The zero-order chi connectivity index (χ0) is 14.1. The highest BCUT2D eigenvalue weighted by Gasteiger charge is 2.11. The molecule has 0 atom stereocenters. The molecule has 2 heterocycles. The van der Waals surface area contributed by atoms with Gasteiger partial charge in [0.1, 0.15) is 0 Å². The molecule has 20 heavy (non-hydrogen) atoms. The lowest BCUT2D eigenvalue weighted by Gasteiger charge is -2.19. The number of fused-ring (bicyclic) bond motifs is 1. The molecule has 0 amide bonds. The van der Waals surface area contributed by atoms with Gasteiger partial charge in [-0.2, -0.15) is 4.98 Å². The van der Waals surface area contributed by atoms with Gasteiger partial charge in [-0.05, 0) is 18.6 Å². The maximum Gasteiger partial charge on any atom is 0.223 e. The smallest absolute Gasteiger partial charge is 0.223 e. The number of nitrogens with zero attached hydrogens (tertiary/aromatic N) is 4. The third-order valence-electron chi connectivity index (χ3n) is 3.31. The predicted octanol–water partition coefficient (Wildman–Crippen LogP) is 2.87. The van der Waals surface area contributed by atoms with Crippen LogP contribution in [0.4, 0.5) is 5.69 Å². The van der Waals surface area contributed by atoms with Crippen molar-refractivity contribution in [1.82, 2.24) is 15.1 Å². The maximum atomic E-state index is 5.01. The summed E-state index contributed by atoms with van der Waals surface area (Å²) in [4.78, 5) is 10.8. The van der Waals surface area contributed by atoms with E-state index in [1.165, 1.54) is 5.56 Å². The Balaban J connectivity index is 1.99. The highest BCUT2D eigenvalue weighted by Crippen LogP contribution is 2.26. The van der Waals surface area contributed by atoms with Gasteiger partial charge in [0.25, 0.3) is 0 Å². The molecule has 5 nitrogen and oxygen atoms in total. The van der Waals surface area contributed by atoms with Crippen LogP contribution in [0.2, 0.25) is 0 Å². The van der Waals surface area contributed by atoms with Gasteiger partial charge in [-0.15, -0.1) is 0 Å². The largest absolute Gasteiger partial charge is 0.366 e. The number of hydrogen-bond donors (Lipinski definition) is 0. The first-order valence-electron chi connectivity index (χ1n) is 6.50.